The summed E-state index contributed by atoms with van der Waals surface area (Å²) in [5, 5.41) is 1.03. The monoisotopic (exact) mass is 391 g/mol. The van der Waals surface area contributed by atoms with Crippen LogP contribution in [0.15, 0.2) is 48.9 Å². The maximum atomic E-state index is 13.0. The minimum absolute atomic E-state index is 0.156. The summed E-state index contributed by atoms with van der Waals surface area (Å²) in [4.78, 5) is 29.3. The number of carbonyl (C=O) groups is 1. The predicted octanol–water partition coefficient (Wildman–Crippen LogP) is 3.90. The first-order chi connectivity index (χ1) is 14.2. The topological polar surface area (TPSA) is 74.3 Å². The van der Waals surface area contributed by atoms with Crippen molar-refractivity contribution >= 4 is 22.9 Å². The maximum absolute atomic E-state index is 13.0. The molecule has 2 unspecified atom stereocenters. The molecule has 2 aromatic heterocycles. The van der Waals surface area contributed by atoms with Crippen molar-refractivity contribution in [3.8, 4) is 0 Å². The van der Waals surface area contributed by atoms with E-state index < -0.39 is 0 Å². The quantitative estimate of drug-likeness (QED) is 0.733. The number of hydrogen-bond acceptors (Lipinski definition) is 5. The minimum atomic E-state index is -0.261. The first kappa shape index (κ1) is 18.0. The standard InChI is InChI=1S/C22H25N5O2/c1-15(16-6-3-2-4-7-16)29-22(28)27-12-5-8-18-19(27)10-13-26(18)21-17-9-11-23-20(17)24-14-25-21/h2-4,6-7,9,11,14-15,18-19H,5,8,10,12-13H2,1H3,(H,23,24,25)/t15-,18?,19?/m1/s1. The van der Waals surface area contributed by atoms with Crippen molar-refractivity contribution in [3.63, 3.8) is 0 Å². The van der Waals surface area contributed by atoms with Crippen LogP contribution in [0.3, 0.4) is 0 Å². The number of aromatic amines is 1. The first-order valence-electron chi connectivity index (χ1n) is 10.3. The van der Waals surface area contributed by atoms with Gasteiger partial charge in [-0.15, -0.1) is 0 Å². The second-order valence-electron chi connectivity index (χ2n) is 7.83. The molecule has 1 N–H and O–H groups in total. The number of likely N-dealkylation sites (tertiary alicyclic amines) is 1. The van der Waals surface area contributed by atoms with Gasteiger partial charge in [-0.1, -0.05) is 30.3 Å². The molecule has 2 saturated heterocycles. The summed E-state index contributed by atoms with van der Waals surface area (Å²) >= 11 is 0. The van der Waals surface area contributed by atoms with Crippen LogP contribution in [0.1, 0.15) is 37.9 Å². The van der Waals surface area contributed by atoms with Gasteiger partial charge in [0.1, 0.15) is 23.9 Å². The zero-order valence-corrected chi connectivity index (χ0v) is 16.5. The molecule has 7 heteroatoms. The lowest BCUT2D eigenvalue weighted by molar-refractivity contribution is 0.0464. The molecule has 0 aliphatic carbocycles. The number of amides is 1. The van der Waals surface area contributed by atoms with Crippen molar-refractivity contribution in [1.82, 2.24) is 19.9 Å². The van der Waals surface area contributed by atoms with Crippen molar-refractivity contribution in [1.29, 1.82) is 0 Å². The molecule has 29 heavy (non-hydrogen) atoms. The Kier molecular flexibility index (Phi) is 4.58. The highest BCUT2D eigenvalue weighted by Gasteiger charge is 2.43. The Bertz CT molecular complexity index is 1000. The molecule has 0 bridgehead atoms. The minimum Gasteiger partial charge on any atom is -0.442 e. The normalized spacial score (nSPS) is 22.5. The highest BCUT2D eigenvalue weighted by Crippen LogP contribution is 2.36. The van der Waals surface area contributed by atoms with Crippen molar-refractivity contribution in [2.45, 2.75) is 44.4 Å². The van der Waals surface area contributed by atoms with Gasteiger partial charge in [0.2, 0.25) is 0 Å². The van der Waals surface area contributed by atoms with E-state index in [0.717, 1.165) is 54.8 Å². The third-order valence-corrected chi connectivity index (χ3v) is 6.20. The summed E-state index contributed by atoms with van der Waals surface area (Å²) in [5.74, 6) is 0.955. The predicted molar refractivity (Wildman–Crippen MR) is 111 cm³/mol. The Hall–Kier alpha value is -3.09. The number of aromatic nitrogens is 3. The van der Waals surface area contributed by atoms with Gasteiger partial charge in [-0.05, 0) is 37.8 Å². The molecule has 150 valence electrons. The molecule has 5 rings (SSSR count). The van der Waals surface area contributed by atoms with Gasteiger partial charge < -0.3 is 19.5 Å². The van der Waals surface area contributed by atoms with Gasteiger partial charge in [0, 0.05) is 19.3 Å². The number of benzene rings is 1. The van der Waals surface area contributed by atoms with Crippen LogP contribution >= 0.6 is 0 Å². The highest BCUT2D eigenvalue weighted by atomic mass is 16.6. The van der Waals surface area contributed by atoms with E-state index in [4.69, 9.17) is 4.74 Å². The number of piperidine rings is 1. The summed E-state index contributed by atoms with van der Waals surface area (Å²) in [7, 11) is 0. The highest BCUT2D eigenvalue weighted by molar-refractivity contribution is 5.87. The molecule has 2 aliphatic rings. The van der Waals surface area contributed by atoms with Gasteiger partial charge in [-0.3, -0.25) is 0 Å². The third-order valence-electron chi connectivity index (χ3n) is 6.20. The van der Waals surface area contributed by atoms with Crippen LogP contribution < -0.4 is 4.90 Å². The SMILES string of the molecule is C[C@@H](OC(=O)N1CCCC2C1CCN2c1ncnc2[nH]ccc12)c1ccccc1. The van der Waals surface area contributed by atoms with Crippen LogP contribution in [-0.2, 0) is 4.74 Å². The zero-order chi connectivity index (χ0) is 19.8. The summed E-state index contributed by atoms with van der Waals surface area (Å²) in [6.07, 6.45) is 5.97. The van der Waals surface area contributed by atoms with Gasteiger partial charge in [-0.2, -0.15) is 0 Å². The van der Waals surface area contributed by atoms with E-state index in [2.05, 4.69) is 19.9 Å². The number of hydrogen-bond donors (Lipinski definition) is 1. The number of fused-ring (bicyclic) bond motifs is 2. The van der Waals surface area contributed by atoms with Crippen LogP contribution in [0.4, 0.5) is 10.6 Å². The van der Waals surface area contributed by atoms with Crippen LogP contribution in [0.25, 0.3) is 11.0 Å². The van der Waals surface area contributed by atoms with E-state index in [1.165, 1.54) is 0 Å². The number of anilines is 1. The van der Waals surface area contributed by atoms with Crippen LogP contribution in [0.2, 0.25) is 0 Å². The van der Waals surface area contributed by atoms with Crippen LogP contribution in [0.5, 0.6) is 0 Å². The number of nitrogens with zero attached hydrogens (tertiary/aromatic N) is 4. The number of rotatable bonds is 3. The van der Waals surface area contributed by atoms with Crippen molar-refractivity contribution in [2.75, 3.05) is 18.0 Å². The summed E-state index contributed by atoms with van der Waals surface area (Å²) in [6, 6.07) is 12.3. The van der Waals surface area contributed by atoms with E-state index in [1.54, 1.807) is 6.33 Å². The molecule has 2 fully saturated rings. The van der Waals surface area contributed by atoms with Crippen LogP contribution in [-0.4, -0.2) is 51.1 Å². The Morgan fingerprint density at radius 3 is 2.86 bits per heavy atom. The van der Waals surface area contributed by atoms with Gasteiger partial charge in [-0.25, -0.2) is 14.8 Å². The summed E-state index contributed by atoms with van der Waals surface area (Å²) in [5.41, 5.74) is 1.86. The van der Waals surface area contributed by atoms with Gasteiger partial charge >= 0.3 is 6.09 Å². The number of carbonyl (C=O) groups excluding carboxylic acids is 1. The second-order valence-corrected chi connectivity index (χ2v) is 7.83. The fourth-order valence-electron chi connectivity index (χ4n) is 4.77. The Morgan fingerprint density at radius 1 is 1.14 bits per heavy atom. The van der Waals surface area contributed by atoms with E-state index in [0.29, 0.717) is 0 Å². The summed E-state index contributed by atoms with van der Waals surface area (Å²) in [6.45, 7) is 3.56. The first-order valence-corrected chi connectivity index (χ1v) is 10.3. The fourth-order valence-corrected chi connectivity index (χ4v) is 4.77. The lowest BCUT2D eigenvalue weighted by atomic mass is 9.97. The molecule has 2 aliphatic heterocycles. The Morgan fingerprint density at radius 2 is 2.00 bits per heavy atom. The van der Waals surface area contributed by atoms with E-state index in [9.17, 15) is 4.79 Å². The Balaban J connectivity index is 1.34. The van der Waals surface area contributed by atoms with E-state index in [-0.39, 0.29) is 24.3 Å². The largest absolute Gasteiger partial charge is 0.442 e. The van der Waals surface area contributed by atoms with E-state index >= 15 is 0 Å². The lowest BCUT2D eigenvalue weighted by Crippen LogP contribution is -2.52. The number of nitrogens with one attached hydrogen (secondary N) is 1. The molecule has 1 aromatic carbocycles. The third kappa shape index (κ3) is 3.20. The van der Waals surface area contributed by atoms with Crippen molar-refractivity contribution < 1.29 is 9.53 Å². The molecule has 0 spiro atoms. The van der Waals surface area contributed by atoms with Crippen molar-refractivity contribution in [3.05, 3.63) is 54.5 Å². The van der Waals surface area contributed by atoms with Crippen molar-refractivity contribution in [2.24, 2.45) is 0 Å². The molecule has 1 amide bonds. The zero-order valence-electron chi connectivity index (χ0n) is 16.5. The second kappa shape index (κ2) is 7.39. The fraction of sp³-hybridized carbons (Fsp3) is 0.409. The molecule has 0 radical (unpaired) electrons. The molecular weight excluding hydrogens is 366 g/mol. The number of H-pyrrole nitrogens is 1. The smallest absolute Gasteiger partial charge is 0.410 e. The molecule has 3 atom stereocenters. The number of ether oxygens (including phenoxy) is 1. The van der Waals surface area contributed by atoms with Crippen LogP contribution in [0, 0.1) is 0 Å². The van der Waals surface area contributed by atoms with Gasteiger partial charge in [0.15, 0.2) is 0 Å². The lowest BCUT2D eigenvalue weighted by Gasteiger charge is -2.40. The maximum Gasteiger partial charge on any atom is 0.410 e. The van der Waals surface area contributed by atoms with E-state index in [1.807, 2.05) is 54.4 Å². The van der Waals surface area contributed by atoms with Gasteiger partial charge in [0.25, 0.3) is 0 Å². The molecular formula is C22H25N5O2. The molecule has 3 aromatic rings. The average molecular weight is 391 g/mol. The molecule has 0 saturated carbocycles. The Labute approximate surface area is 169 Å². The van der Waals surface area contributed by atoms with Gasteiger partial charge in [0.05, 0.1) is 17.5 Å². The molecule has 4 heterocycles. The average Bonchev–Trinajstić information content (AvgIpc) is 3.41. The summed E-state index contributed by atoms with van der Waals surface area (Å²) < 4.78 is 5.82. The molecule has 7 nitrogen and oxygen atoms in total.